The molecule has 2 amide bonds. The minimum absolute atomic E-state index is 0.162. The van der Waals surface area contributed by atoms with Crippen LogP contribution in [0.2, 0.25) is 0 Å². The minimum atomic E-state index is -0.551. The molecule has 0 aliphatic carbocycles. The summed E-state index contributed by atoms with van der Waals surface area (Å²) in [4.78, 5) is 15.8. The molecule has 2 rings (SSSR count). The van der Waals surface area contributed by atoms with Crippen molar-refractivity contribution in [1.29, 1.82) is 0 Å². The number of aryl methyl sites for hydroxylation is 1. The lowest BCUT2D eigenvalue weighted by Crippen LogP contribution is -2.50. The number of β-amino-alcohol motifs (C(OH)–C–C–N with tert-alkyl or cyclic N) is 1. The highest BCUT2D eigenvalue weighted by atomic mass is 19.1. The Morgan fingerprint density at radius 2 is 2.23 bits per heavy atom. The maximum absolute atomic E-state index is 13.8. The van der Waals surface area contributed by atoms with Gasteiger partial charge in [-0.25, -0.2) is 9.18 Å². The van der Waals surface area contributed by atoms with E-state index in [1.165, 1.54) is 11.0 Å². The summed E-state index contributed by atoms with van der Waals surface area (Å²) in [5.74, 6) is -0.286. The van der Waals surface area contributed by atoms with E-state index in [0.717, 1.165) is 18.5 Å². The van der Waals surface area contributed by atoms with Gasteiger partial charge in [0.25, 0.3) is 0 Å². The quantitative estimate of drug-likeness (QED) is 0.897. The molecule has 1 aliphatic heterocycles. The molecule has 1 heterocycles. The number of amides is 2. The molecule has 0 spiro atoms. The lowest BCUT2D eigenvalue weighted by atomic mass is 9.93. The highest BCUT2D eigenvalue weighted by Crippen LogP contribution is 2.21. The standard InChI is InChI=1S/C16H24FN3O2/c1-11-4-5-14(13(17)8-11)18-16(22)20-7-6-12(9-19(2)3)15(21)10-20/h4-5,8,12,15,21H,6-7,9-10H2,1-3H3,(H,18,22)/t12-,15+/m0/s1. The van der Waals surface area contributed by atoms with Crippen molar-refractivity contribution >= 4 is 11.7 Å². The molecule has 1 aliphatic rings. The Balaban J connectivity index is 1.94. The SMILES string of the molecule is Cc1ccc(NC(=O)N2CC[C@@H](CN(C)C)[C@H](O)C2)c(F)c1. The highest BCUT2D eigenvalue weighted by Gasteiger charge is 2.30. The first kappa shape index (κ1) is 16.7. The van der Waals surface area contributed by atoms with E-state index in [4.69, 9.17) is 0 Å². The van der Waals surface area contributed by atoms with Crippen LogP contribution in [-0.4, -0.2) is 60.8 Å². The molecule has 6 heteroatoms. The Kier molecular flexibility index (Phi) is 5.37. The molecule has 122 valence electrons. The average molecular weight is 309 g/mol. The van der Waals surface area contributed by atoms with Crippen molar-refractivity contribution in [2.45, 2.75) is 19.4 Å². The van der Waals surface area contributed by atoms with Gasteiger partial charge in [-0.05, 0) is 45.1 Å². The molecule has 0 radical (unpaired) electrons. The van der Waals surface area contributed by atoms with Crippen molar-refractivity contribution in [2.24, 2.45) is 5.92 Å². The van der Waals surface area contributed by atoms with Gasteiger partial charge in [-0.1, -0.05) is 6.07 Å². The summed E-state index contributed by atoms with van der Waals surface area (Å²) >= 11 is 0. The van der Waals surface area contributed by atoms with E-state index in [1.54, 1.807) is 19.1 Å². The number of hydrogen-bond donors (Lipinski definition) is 2. The first-order valence-corrected chi connectivity index (χ1v) is 7.51. The van der Waals surface area contributed by atoms with Gasteiger partial charge in [0.2, 0.25) is 0 Å². The Hall–Kier alpha value is -1.66. The molecule has 0 bridgehead atoms. The maximum atomic E-state index is 13.8. The molecule has 1 aromatic rings. The van der Waals surface area contributed by atoms with Crippen LogP contribution in [0.15, 0.2) is 18.2 Å². The summed E-state index contributed by atoms with van der Waals surface area (Å²) < 4.78 is 13.8. The van der Waals surface area contributed by atoms with Gasteiger partial charge in [-0.15, -0.1) is 0 Å². The number of nitrogens with zero attached hydrogens (tertiary/aromatic N) is 2. The van der Waals surface area contributed by atoms with Crippen molar-refractivity contribution in [2.75, 3.05) is 39.0 Å². The van der Waals surface area contributed by atoms with Crippen LogP contribution in [0.4, 0.5) is 14.9 Å². The van der Waals surface area contributed by atoms with Crippen molar-refractivity contribution in [3.63, 3.8) is 0 Å². The smallest absolute Gasteiger partial charge is 0.322 e. The summed E-state index contributed by atoms with van der Waals surface area (Å²) in [6.07, 6.45) is 0.188. The number of likely N-dealkylation sites (tertiary alicyclic amines) is 1. The predicted octanol–water partition coefficient (Wildman–Crippen LogP) is 1.91. The Morgan fingerprint density at radius 1 is 1.50 bits per heavy atom. The number of piperidine rings is 1. The number of rotatable bonds is 3. The van der Waals surface area contributed by atoms with Crippen molar-refractivity contribution in [3.05, 3.63) is 29.6 Å². The fourth-order valence-corrected chi connectivity index (χ4v) is 2.76. The zero-order chi connectivity index (χ0) is 16.3. The number of nitrogens with one attached hydrogen (secondary N) is 1. The topological polar surface area (TPSA) is 55.8 Å². The van der Waals surface area contributed by atoms with E-state index < -0.39 is 11.9 Å². The first-order chi connectivity index (χ1) is 10.4. The average Bonchev–Trinajstić information content (AvgIpc) is 2.43. The fourth-order valence-electron chi connectivity index (χ4n) is 2.76. The van der Waals surface area contributed by atoms with Crippen LogP contribution in [0.25, 0.3) is 0 Å². The molecule has 0 aromatic heterocycles. The number of hydrogen-bond acceptors (Lipinski definition) is 3. The van der Waals surface area contributed by atoms with Gasteiger partial charge in [0.15, 0.2) is 0 Å². The van der Waals surface area contributed by atoms with Crippen LogP contribution >= 0.6 is 0 Å². The van der Waals surface area contributed by atoms with Crippen molar-refractivity contribution in [3.8, 4) is 0 Å². The van der Waals surface area contributed by atoms with Gasteiger partial charge in [-0.2, -0.15) is 0 Å². The van der Waals surface area contributed by atoms with E-state index in [1.807, 2.05) is 19.0 Å². The number of carbonyl (C=O) groups is 1. The normalized spacial score (nSPS) is 22.0. The Labute approximate surface area is 130 Å². The second-order valence-corrected chi connectivity index (χ2v) is 6.24. The second-order valence-electron chi connectivity index (χ2n) is 6.24. The summed E-state index contributed by atoms with van der Waals surface area (Å²) in [7, 11) is 3.93. The minimum Gasteiger partial charge on any atom is -0.391 e. The van der Waals surface area contributed by atoms with Gasteiger partial charge in [0, 0.05) is 25.6 Å². The van der Waals surface area contributed by atoms with Crippen LogP contribution < -0.4 is 5.32 Å². The van der Waals surface area contributed by atoms with Crippen LogP contribution in [0.5, 0.6) is 0 Å². The predicted molar refractivity (Wildman–Crippen MR) is 84.4 cm³/mol. The zero-order valence-corrected chi connectivity index (χ0v) is 13.3. The molecule has 0 unspecified atom stereocenters. The molecule has 1 aromatic carbocycles. The molecule has 1 saturated heterocycles. The molecule has 22 heavy (non-hydrogen) atoms. The number of benzene rings is 1. The lowest BCUT2D eigenvalue weighted by Gasteiger charge is -2.37. The monoisotopic (exact) mass is 309 g/mol. The van der Waals surface area contributed by atoms with Crippen molar-refractivity contribution < 1.29 is 14.3 Å². The van der Waals surface area contributed by atoms with Crippen LogP contribution in [0.1, 0.15) is 12.0 Å². The third kappa shape index (κ3) is 4.18. The molecule has 2 N–H and O–H groups in total. The number of halogens is 1. The fraction of sp³-hybridized carbons (Fsp3) is 0.562. The van der Waals surface area contributed by atoms with Crippen LogP contribution in [0.3, 0.4) is 0 Å². The molecule has 2 atom stereocenters. The second kappa shape index (κ2) is 7.07. The Bertz CT molecular complexity index is 536. The largest absolute Gasteiger partial charge is 0.391 e. The van der Waals surface area contributed by atoms with E-state index in [2.05, 4.69) is 5.32 Å². The number of aliphatic hydroxyl groups excluding tert-OH is 1. The van der Waals surface area contributed by atoms with Crippen LogP contribution in [0, 0.1) is 18.7 Å². The molecular weight excluding hydrogens is 285 g/mol. The van der Waals surface area contributed by atoms with Gasteiger partial charge < -0.3 is 20.2 Å². The van der Waals surface area contributed by atoms with Gasteiger partial charge in [0.1, 0.15) is 5.82 Å². The number of aliphatic hydroxyl groups is 1. The molecular formula is C16H24FN3O2. The van der Waals surface area contributed by atoms with Crippen LogP contribution in [-0.2, 0) is 0 Å². The number of anilines is 1. The zero-order valence-electron chi connectivity index (χ0n) is 13.3. The lowest BCUT2D eigenvalue weighted by molar-refractivity contribution is 0.0277. The number of urea groups is 1. The van der Waals surface area contributed by atoms with E-state index in [-0.39, 0.29) is 24.2 Å². The third-order valence-electron chi connectivity index (χ3n) is 3.97. The summed E-state index contributed by atoms with van der Waals surface area (Å²) in [5.41, 5.74) is 0.968. The van der Waals surface area contributed by atoms with Gasteiger partial charge >= 0.3 is 6.03 Å². The van der Waals surface area contributed by atoms with Gasteiger partial charge in [0.05, 0.1) is 11.8 Å². The van der Waals surface area contributed by atoms with E-state index >= 15 is 0 Å². The van der Waals surface area contributed by atoms with Crippen molar-refractivity contribution in [1.82, 2.24) is 9.80 Å². The summed E-state index contributed by atoms with van der Waals surface area (Å²) in [5, 5.41) is 12.7. The first-order valence-electron chi connectivity index (χ1n) is 7.51. The van der Waals surface area contributed by atoms with E-state index in [0.29, 0.717) is 6.54 Å². The summed E-state index contributed by atoms with van der Waals surface area (Å²) in [6, 6.07) is 4.31. The van der Waals surface area contributed by atoms with Gasteiger partial charge in [-0.3, -0.25) is 0 Å². The number of carbonyl (C=O) groups excluding carboxylic acids is 1. The summed E-state index contributed by atoms with van der Waals surface area (Å²) in [6.45, 7) is 3.43. The third-order valence-corrected chi connectivity index (χ3v) is 3.97. The van der Waals surface area contributed by atoms with E-state index in [9.17, 15) is 14.3 Å². The highest BCUT2D eigenvalue weighted by molar-refractivity contribution is 5.89. The molecule has 5 nitrogen and oxygen atoms in total. The maximum Gasteiger partial charge on any atom is 0.322 e. The Morgan fingerprint density at radius 3 is 2.82 bits per heavy atom. The molecule has 1 fully saturated rings. The molecule has 0 saturated carbocycles.